The molecule has 0 saturated heterocycles. The van der Waals surface area contributed by atoms with E-state index in [-0.39, 0.29) is 12.0 Å². The van der Waals surface area contributed by atoms with Crippen LogP contribution in [0.2, 0.25) is 0 Å². The topological polar surface area (TPSA) is 88.5 Å². The lowest BCUT2D eigenvalue weighted by atomic mass is 10.1. The molecule has 2 aromatic rings. The molecule has 1 aromatic carbocycles. The van der Waals surface area contributed by atoms with Crippen LogP contribution in [0.3, 0.4) is 0 Å². The average Bonchev–Trinajstić information content (AvgIpc) is 2.56. The summed E-state index contributed by atoms with van der Waals surface area (Å²) < 4.78 is 5.20. The highest BCUT2D eigenvalue weighted by atomic mass is 16.5. The lowest BCUT2D eigenvalue weighted by Gasteiger charge is -2.14. The number of benzene rings is 1. The predicted octanol–water partition coefficient (Wildman–Crippen LogP) is 1.91. The van der Waals surface area contributed by atoms with Crippen molar-refractivity contribution in [2.75, 3.05) is 6.61 Å². The lowest BCUT2D eigenvalue weighted by Crippen LogP contribution is -2.42. The predicted molar refractivity (Wildman–Crippen MR) is 84.4 cm³/mol. The molecule has 0 bridgehead atoms. The van der Waals surface area contributed by atoms with Crippen LogP contribution in [0.1, 0.15) is 22.8 Å². The van der Waals surface area contributed by atoms with Crippen LogP contribution in [-0.2, 0) is 11.2 Å². The van der Waals surface area contributed by atoms with Crippen molar-refractivity contribution in [1.29, 1.82) is 0 Å². The molecular formula is C17H18N2O4. The Morgan fingerprint density at radius 3 is 2.52 bits per heavy atom. The number of amides is 1. The quantitative estimate of drug-likeness (QED) is 0.815. The van der Waals surface area contributed by atoms with Gasteiger partial charge in [-0.15, -0.1) is 0 Å². The van der Waals surface area contributed by atoms with Gasteiger partial charge in [-0.25, -0.2) is 9.78 Å². The Hall–Kier alpha value is -2.89. The van der Waals surface area contributed by atoms with Crippen molar-refractivity contribution in [2.45, 2.75) is 19.4 Å². The Morgan fingerprint density at radius 1 is 1.22 bits per heavy atom. The van der Waals surface area contributed by atoms with Gasteiger partial charge < -0.3 is 15.2 Å². The Bertz CT molecular complexity index is 656. The van der Waals surface area contributed by atoms with Crippen LogP contribution in [0.5, 0.6) is 5.88 Å². The first-order chi connectivity index (χ1) is 11.1. The normalized spacial score (nSPS) is 11.5. The number of aliphatic carboxylic acids is 1. The van der Waals surface area contributed by atoms with Gasteiger partial charge in [0.1, 0.15) is 6.04 Å². The summed E-state index contributed by atoms with van der Waals surface area (Å²) in [4.78, 5) is 27.5. The van der Waals surface area contributed by atoms with Crippen molar-refractivity contribution in [1.82, 2.24) is 10.3 Å². The third-order valence-corrected chi connectivity index (χ3v) is 3.18. The van der Waals surface area contributed by atoms with Crippen molar-refractivity contribution >= 4 is 11.9 Å². The molecule has 6 heteroatoms. The number of carbonyl (C=O) groups is 2. The molecule has 2 rings (SSSR count). The van der Waals surface area contributed by atoms with Gasteiger partial charge in [0.25, 0.3) is 5.91 Å². The maximum Gasteiger partial charge on any atom is 0.326 e. The summed E-state index contributed by atoms with van der Waals surface area (Å²) in [6.07, 6.45) is 1.58. The maximum absolute atomic E-state index is 12.2. The number of hydrogen-bond donors (Lipinski definition) is 2. The van der Waals surface area contributed by atoms with E-state index in [4.69, 9.17) is 4.74 Å². The first-order valence-electron chi connectivity index (χ1n) is 7.26. The van der Waals surface area contributed by atoms with Gasteiger partial charge in [-0.3, -0.25) is 4.79 Å². The number of hydrogen-bond acceptors (Lipinski definition) is 4. The SMILES string of the molecule is CCOc1ccc(C(=O)N[C@H](Cc2ccccc2)C(=O)O)cn1. The van der Waals surface area contributed by atoms with Gasteiger partial charge in [-0.1, -0.05) is 30.3 Å². The van der Waals surface area contributed by atoms with E-state index < -0.39 is 17.9 Å². The van der Waals surface area contributed by atoms with Gasteiger partial charge in [0.15, 0.2) is 0 Å². The molecular weight excluding hydrogens is 296 g/mol. The fraction of sp³-hybridized carbons (Fsp3) is 0.235. The van der Waals surface area contributed by atoms with Crippen molar-refractivity contribution in [3.05, 3.63) is 59.8 Å². The van der Waals surface area contributed by atoms with Crippen LogP contribution < -0.4 is 10.1 Å². The van der Waals surface area contributed by atoms with Crippen LogP contribution >= 0.6 is 0 Å². The summed E-state index contributed by atoms with van der Waals surface area (Å²) in [6.45, 7) is 2.32. The molecule has 0 unspecified atom stereocenters. The van der Waals surface area contributed by atoms with Gasteiger partial charge in [0.05, 0.1) is 12.2 Å². The molecule has 1 atom stereocenters. The van der Waals surface area contributed by atoms with Gasteiger partial charge in [-0.05, 0) is 18.6 Å². The number of pyridine rings is 1. The molecule has 0 radical (unpaired) electrons. The smallest absolute Gasteiger partial charge is 0.326 e. The van der Waals surface area contributed by atoms with Gasteiger partial charge in [0, 0.05) is 18.7 Å². The van der Waals surface area contributed by atoms with Crippen LogP contribution in [0, 0.1) is 0 Å². The summed E-state index contributed by atoms with van der Waals surface area (Å²) >= 11 is 0. The molecule has 1 heterocycles. The second-order valence-electron chi connectivity index (χ2n) is 4.87. The van der Waals surface area contributed by atoms with Crippen LogP contribution in [0.15, 0.2) is 48.7 Å². The maximum atomic E-state index is 12.2. The van der Waals surface area contributed by atoms with Crippen molar-refractivity contribution in [3.8, 4) is 5.88 Å². The average molecular weight is 314 g/mol. The van der Waals surface area contributed by atoms with E-state index in [1.165, 1.54) is 6.20 Å². The molecule has 0 aliphatic carbocycles. The minimum Gasteiger partial charge on any atom is -0.480 e. The van der Waals surface area contributed by atoms with E-state index in [9.17, 15) is 14.7 Å². The van der Waals surface area contributed by atoms with Crippen LogP contribution in [0.25, 0.3) is 0 Å². The van der Waals surface area contributed by atoms with E-state index in [0.717, 1.165) is 5.56 Å². The largest absolute Gasteiger partial charge is 0.480 e. The van der Waals surface area contributed by atoms with Crippen molar-refractivity contribution in [2.24, 2.45) is 0 Å². The monoisotopic (exact) mass is 314 g/mol. The standard InChI is InChI=1S/C17H18N2O4/c1-2-23-15-9-8-13(11-18-15)16(20)19-14(17(21)22)10-12-6-4-3-5-7-12/h3-9,11,14H,2,10H2,1H3,(H,19,20)(H,21,22)/t14-/m1/s1. The highest BCUT2D eigenvalue weighted by Gasteiger charge is 2.21. The fourth-order valence-electron chi connectivity index (χ4n) is 2.04. The number of aromatic nitrogens is 1. The van der Waals surface area contributed by atoms with E-state index in [1.54, 1.807) is 12.1 Å². The summed E-state index contributed by atoms with van der Waals surface area (Å²) in [7, 11) is 0. The number of nitrogens with one attached hydrogen (secondary N) is 1. The van der Waals surface area contributed by atoms with Crippen LogP contribution in [0.4, 0.5) is 0 Å². The number of rotatable bonds is 7. The fourth-order valence-corrected chi connectivity index (χ4v) is 2.04. The molecule has 120 valence electrons. The number of ether oxygens (including phenoxy) is 1. The highest BCUT2D eigenvalue weighted by molar-refractivity contribution is 5.96. The van der Waals surface area contributed by atoms with Gasteiger partial charge in [0.2, 0.25) is 5.88 Å². The minimum atomic E-state index is -1.08. The Morgan fingerprint density at radius 2 is 1.96 bits per heavy atom. The Labute approximate surface area is 134 Å². The third kappa shape index (κ3) is 4.81. The van der Waals surface area contributed by atoms with E-state index in [2.05, 4.69) is 10.3 Å². The molecule has 1 amide bonds. The molecule has 23 heavy (non-hydrogen) atoms. The summed E-state index contributed by atoms with van der Waals surface area (Å²) in [5, 5.41) is 11.8. The zero-order valence-corrected chi connectivity index (χ0v) is 12.7. The highest BCUT2D eigenvalue weighted by Crippen LogP contribution is 2.09. The first-order valence-corrected chi connectivity index (χ1v) is 7.26. The number of carboxylic acids is 1. The van der Waals surface area contributed by atoms with Gasteiger partial charge in [-0.2, -0.15) is 0 Å². The second-order valence-corrected chi connectivity index (χ2v) is 4.87. The Balaban J connectivity index is 2.04. The third-order valence-electron chi connectivity index (χ3n) is 3.18. The molecule has 0 spiro atoms. The molecule has 0 fully saturated rings. The summed E-state index contributed by atoms with van der Waals surface area (Å²) in [5.74, 6) is -1.15. The zero-order chi connectivity index (χ0) is 16.7. The van der Waals surface area contributed by atoms with Crippen LogP contribution in [-0.4, -0.2) is 34.6 Å². The summed E-state index contributed by atoms with van der Waals surface area (Å²) in [5.41, 5.74) is 1.12. The van der Waals surface area contributed by atoms with E-state index >= 15 is 0 Å². The molecule has 0 aliphatic heterocycles. The van der Waals surface area contributed by atoms with Gasteiger partial charge >= 0.3 is 5.97 Å². The number of carbonyl (C=O) groups excluding carboxylic acids is 1. The molecule has 0 saturated carbocycles. The molecule has 1 aromatic heterocycles. The van der Waals surface area contributed by atoms with E-state index in [0.29, 0.717) is 12.5 Å². The van der Waals surface area contributed by atoms with Crippen molar-refractivity contribution < 1.29 is 19.4 Å². The molecule has 6 nitrogen and oxygen atoms in total. The minimum absolute atomic E-state index is 0.215. The summed E-state index contributed by atoms with van der Waals surface area (Å²) in [6, 6.07) is 11.3. The van der Waals surface area contributed by atoms with E-state index in [1.807, 2.05) is 37.3 Å². The van der Waals surface area contributed by atoms with Crippen molar-refractivity contribution in [3.63, 3.8) is 0 Å². The number of carboxylic acid groups (broad SMARTS) is 1. The molecule has 0 aliphatic rings. The Kier molecular flexibility index (Phi) is 5.68. The zero-order valence-electron chi connectivity index (χ0n) is 12.7. The second kappa shape index (κ2) is 7.93. The molecule has 2 N–H and O–H groups in total. The number of nitrogens with zero attached hydrogens (tertiary/aromatic N) is 1. The first kappa shape index (κ1) is 16.5. The lowest BCUT2D eigenvalue weighted by molar-refractivity contribution is -0.139.